The summed E-state index contributed by atoms with van der Waals surface area (Å²) in [6.45, 7) is 3.92. The molecular formula is C8H17N3O3S2. The predicted molar refractivity (Wildman–Crippen MR) is 70.3 cm³/mol. The Bertz CT molecular complexity index is 245. The standard InChI is InChI=1S/C7H14N2O2S.CH3NOS/c1-5(4-8-6(2)10)9-7(12)11-3;2-1(3)4/h5H,4H2,1-3H3,(H,8,10)(H,9,12);(H3,2,3,4). The Morgan fingerprint density at radius 2 is 2.00 bits per heavy atom. The molecule has 0 saturated heterocycles. The Hall–Kier alpha value is -1.15. The van der Waals surface area contributed by atoms with Crippen molar-refractivity contribution in [3.8, 4) is 0 Å². The zero-order chi connectivity index (χ0) is 13.1. The number of hydrogen-bond acceptors (Lipinski definition) is 4. The molecule has 0 fully saturated rings. The van der Waals surface area contributed by atoms with Crippen molar-refractivity contribution in [2.45, 2.75) is 19.9 Å². The number of methoxy groups -OCH3 is 1. The molecule has 16 heavy (non-hydrogen) atoms. The third kappa shape index (κ3) is 18.6. The van der Waals surface area contributed by atoms with Crippen molar-refractivity contribution < 1.29 is 14.6 Å². The number of aliphatic hydroxyl groups excluding tert-OH is 1. The van der Waals surface area contributed by atoms with Crippen LogP contribution in [0, 0.1) is 0 Å². The van der Waals surface area contributed by atoms with Crippen molar-refractivity contribution in [2.24, 2.45) is 5.73 Å². The Kier molecular flexibility index (Phi) is 11.2. The normalized spacial score (nSPS) is 10.2. The maximum atomic E-state index is 10.5. The van der Waals surface area contributed by atoms with Gasteiger partial charge in [0.1, 0.15) is 0 Å². The molecule has 1 atom stereocenters. The number of rotatable bonds is 3. The molecule has 0 spiro atoms. The van der Waals surface area contributed by atoms with Gasteiger partial charge in [-0.05, 0) is 31.4 Å². The van der Waals surface area contributed by atoms with E-state index in [9.17, 15) is 4.79 Å². The van der Waals surface area contributed by atoms with Crippen molar-refractivity contribution in [1.29, 1.82) is 0 Å². The van der Waals surface area contributed by atoms with Crippen LogP contribution in [0.25, 0.3) is 0 Å². The minimum atomic E-state index is -0.500. The van der Waals surface area contributed by atoms with E-state index in [2.05, 4.69) is 28.6 Å². The molecule has 0 aliphatic heterocycles. The van der Waals surface area contributed by atoms with E-state index in [1.807, 2.05) is 6.92 Å². The van der Waals surface area contributed by atoms with Gasteiger partial charge in [-0.1, -0.05) is 0 Å². The smallest absolute Gasteiger partial charge is 0.256 e. The largest absolute Gasteiger partial charge is 0.487 e. The first-order chi connectivity index (χ1) is 7.29. The van der Waals surface area contributed by atoms with E-state index in [1.165, 1.54) is 14.0 Å². The lowest BCUT2D eigenvalue weighted by molar-refractivity contribution is -0.119. The molecule has 0 rings (SSSR count). The van der Waals surface area contributed by atoms with Gasteiger partial charge in [0.2, 0.25) is 5.91 Å². The molecule has 0 aliphatic carbocycles. The first-order valence-electron chi connectivity index (χ1n) is 4.36. The average Bonchev–Trinajstić information content (AvgIpc) is 2.13. The van der Waals surface area contributed by atoms with Crippen LogP contribution in [0.15, 0.2) is 0 Å². The van der Waals surface area contributed by atoms with Crippen LogP contribution < -0.4 is 16.4 Å². The van der Waals surface area contributed by atoms with Gasteiger partial charge in [-0.25, -0.2) is 0 Å². The number of nitrogens with two attached hydrogens (primary N) is 1. The Balaban J connectivity index is 0. The van der Waals surface area contributed by atoms with Crippen molar-refractivity contribution in [3.05, 3.63) is 0 Å². The zero-order valence-electron chi connectivity index (χ0n) is 9.44. The molecule has 0 radical (unpaired) electrons. The Morgan fingerprint density at radius 3 is 2.31 bits per heavy atom. The highest BCUT2D eigenvalue weighted by Gasteiger charge is 2.03. The highest BCUT2D eigenvalue weighted by Crippen LogP contribution is 1.81. The number of ether oxygens (including phenoxy) is 1. The lowest BCUT2D eigenvalue weighted by Crippen LogP contribution is -2.41. The van der Waals surface area contributed by atoms with Crippen molar-refractivity contribution in [3.63, 3.8) is 0 Å². The van der Waals surface area contributed by atoms with Crippen LogP contribution in [0.5, 0.6) is 0 Å². The summed E-state index contributed by atoms with van der Waals surface area (Å²) in [6, 6.07) is 0.0846. The van der Waals surface area contributed by atoms with Gasteiger partial charge in [-0.3, -0.25) is 4.79 Å². The molecular weight excluding hydrogens is 250 g/mol. The first kappa shape index (κ1) is 17.3. The van der Waals surface area contributed by atoms with Crippen LogP contribution in [0.1, 0.15) is 13.8 Å². The minimum absolute atomic E-state index is 0.0491. The summed E-state index contributed by atoms with van der Waals surface area (Å²) in [6.07, 6.45) is 0. The third-order valence-electron chi connectivity index (χ3n) is 1.21. The highest BCUT2D eigenvalue weighted by atomic mass is 32.1. The Labute approximate surface area is 106 Å². The van der Waals surface area contributed by atoms with Crippen molar-refractivity contribution >= 4 is 40.7 Å². The van der Waals surface area contributed by atoms with E-state index in [0.29, 0.717) is 11.7 Å². The van der Waals surface area contributed by atoms with Crippen LogP contribution in [-0.4, -0.2) is 41.1 Å². The number of amides is 1. The SMILES string of the molecule is COC(=S)NC(C)CNC(C)=O.NC(O)=S. The van der Waals surface area contributed by atoms with E-state index in [0.717, 1.165) is 0 Å². The van der Waals surface area contributed by atoms with E-state index in [1.54, 1.807) is 0 Å². The number of nitrogens with one attached hydrogen (secondary N) is 2. The van der Waals surface area contributed by atoms with Gasteiger partial charge < -0.3 is 26.2 Å². The fourth-order valence-electron chi connectivity index (χ4n) is 0.608. The van der Waals surface area contributed by atoms with Crippen LogP contribution in [0.4, 0.5) is 0 Å². The number of hydrogen-bond donors (Lipinski definition) is 4. The fraction of sp³-hybridized carbons (Fsp3) is 0.625. The van der Waals surface area contributed by atoms with Gasteiger partial charge in [0.15, 0.2) is 0 Å². The maximum absolute atomic E-state index is 10.5. The molecule has 1 amide bonds. The summed E-state index contributed by atoms with van der Waals surface area (Å²) in [4.78, 5) is 10.5. The van der Waals surface area contributed by atoms with Crippen molar-refractivity contribution in [2.75, 3.05) is 13.7 Å². The topological polar surface area (TPSA) is 96.6 Å². The fourth-order valence-corrected chi connectivity index (χ4v) is 0.809. The van der Waals surface area contributed by atoms with E-state index >= 15 is 0 Å². The maximum Gasteiger partial charge on any atom is 0.256 e. The quantitative estimate of drug-likeness (QED) is 0.527. The molecule has 0 aromatic rings. The van der Waals surface area contributed by atoms with Gasteiger partial charge in [0, 0.05) is 19.5 Å². The van der Waals surface area contributed by atoms with Gasteiger partial charge in [0.05, 0.1) is 7.11 Å². The molecule has 0 bridgehead atoms. The molecule has 0 aromatic heterocycles. The van der Waals surface area contributed by atoms with Gasteiger partial charge in [0.25, 0.3) is 10.3 Å². The van der Waals surface area contributed by atoms with Crippen LogP contribution >= 0.6 is 24.4 Å². The number of thiocarbonyl (C=S) groups is 2. The predicted octanol–water partition coefficient (Wildman–Crippen LogP) is -0.180. The molecule has 8 heteroatoms. The second-order valence-corrected chi connectivity index (χ2v) is 3.60. The Morgan fingerprint density at radius 1 is 1.56 bits per heavy atom. The van der Waals surface area contributed by atoms with E-state index in [4.69, 9.17) is 22.1 Å². The lowest BCUT2D eigenvalue weighted by Gasteiger charge is -2.14. The first-order valence-corrected chi connectivity index (χ1v) is 5.18. The zero-order valence-corrected chi connectivity index (χ0v) is 11.1. The molecule has 0 heterocycles. The molecule has 5 N–H and O–H groups in total. The molecule has 0 aromatic carbocycles. The molecule has 6 nitrogen and oxygen atoms in total. The van der Waals surface area contributed by atoms with Gasteiger partial charge in [-0.15, -0.1) is 0 Å². The second-order valence-electron chi connectivity index (χ2n) is 2.81. The molecule has 0 saturated carbocycles. The summed E-state index contributed by atoms with van der Waals surface area (Å²) in [7, 11) is 1.50. The summed E-state index contributed by atoms with van der Waals surface area (Å²) in [5, 5.41) is 12.9. The summed E-state index contributed by atoms with van der Waals surface area (Å²) in [5.41, 5.74) is 4.40. The monoisotopic (exact) mass is 267 g/mol. The van der Waals surface area contributed by atoms with E-state index < -0.39 is 5.17 Å². The second kappa shape index (κ2) is 10.4. The lowest BCUT2D eigenvalue weighted by atomic mass is 10.3. The number of carbonyl (C=O) groups is 1. The van der Waals surface area contributed by atoms with Gasteiger partial charge in [-0.2, -0.15) is 0 Å². The van der Waals surface area contributed by atoms with Crippen LogP contribution in [-0.2, 0) is 9.53 Å². The highest BCUT2D eigenvalue weighted by molar-refractivity contribution is 7.80. The van der Waals surface area contributed by atoms with E-state index in [-0.39, 0.29) is 11.9 Å². The average molecular weight is 267 g/mol. The third-order valence-corrected chi connectivity index (χ3v) is 1.49. The minimum Gasteiger partial charge on any atom is -0.487 e. The number of aliphatic hydroxyl groups is 1. The summed E-state index contributed by atoms with van der Waals surface area (Å²) >= 11 is 8.64. The van der Waals surface area contributed by atoms with Crippen LogP contribution in [0.2, 0.25) is 0 Å². The van der Waals surface area contributed by atoms with Crippen LogP contribution in [0.3, 0.4) is 0 Å². The van der Waals surface area contributed by atoms with Crippen molar-refractivity contribution in [1.82, 2.24) is 10.6 Å². The molecule has 94 valence electrons. The van der Waals surface area contributed by atoms with Gasteiger partial charge >= 0.3 is 0 Å². The number of carbonyl (C=O) groups excluding carboxylic acids is 1. The molecule has 1 unspecified atom stereocenters. The summed E-state index contributed by atoms with van der Waals surface area (Å²) < 4.78 is 4.74. The molecule has 0 aliphatic rings. The summed E-state index contributed by atoms with van der Waals surface area (Å²) in [5.74, 6) is -0.0491.